The second-order valence-electron chi connectivity index (χ2n) is 2.98. The predicted octanol–water partition coefficient (Wildman–Crippen LogP) is 0.788. The molecule has 0 spiro atoms. The minimum Gasteiger partial charge on any atom is -0.425 e. The summed E-state index contributed by atoms with van der Waals surface area (Å²) < 4.78 is 9.09. The molecular formula is C10H13O5. The highest BCUT2D eigenvalue weighted by Crippen LogP contribution is 2.01. The standard InChI is InChI=1S/C10H13O5/c1-6(2)10(13)15-8(4)14-9(12)5-7(3)11/h8H,1,4-5H2,2-3H3. The molecule has 0 aromatic carbocycles. The third kappa shape index (κ3) is 6.42. The van der Waals surface area contributed by atoms with Gasteiger partial charge in [-0.05, 0) is 13.8 Å². The van der Waals surface area contributed by atoms with Crippen molar-refractivity contribution in [3.05, 3.63) is 19.1 Å². The molecular weight excluding hydrogens is 200 g/mol. The smallest absolute Gasteiger partial charge is 0.336 e. The lowest BCUT2D eigenvalue weighted by molar-refractivity contribution is -0.177. The highest BCUT2D eigenvalue weighted by Gasteiger charge is 2.15. The summed E-state index contributed by atoms with van der Waals surface area (Å²) in [6, 6.07) is 0. The van der Waals surface area contributed by atoms with Gasteiger partial charge in [0.05, 0.1) is 0 Å². The zero-order chi connectivity index (χ0) is 12.0. The number of carbonyl (C=O) groups is 3. The normalized spacial score (nSPS) is 11.4. The molecule has 0 rings (SSSR count). The van der Waals surface area contributed by atoms with Gasteiger partial charge in [-0.15, -0.1) is 0 Å². The molecule has 1 atom stereocenters. The Morgan fingerprint density at radius 3 is 2.13 bits per heavy atom. The number of Topliss-reactive ketones (excluding diaryl/α,β-unsaturated/α-hetero) is 1. The number of hydrogen-bond donors (Lipinski definition) is 0. The lowest BCUT2D eigenvalue weighted by Gasteiger charge is -2.13. The number of rotatable bonds is 5. The van der Waals surface area contributed by atoms with E-state index in [1.54, 1.807) is 0 Å². The average molecular weight is 213 g/mol. The SMILES string of the molecule is [CH2]C(OC(=O)CC(C)=O)OC(=O)C(=C)C. The molecule has 15 heavy (non-hydrogen) atoms. The van der Waals surface area contributed by atoms with E-state index in [1.807, 2.05) is 0 Å². The molecule has 83 valence electrons. The molecule has 5 heteroatoms. The van der Waals surface area contributed by atoms with Gasteiger partial charge in [0.1, 0.15) is 12.2 Å². The molecule has 0 saturated carbocycles. The summed E-state index contributed by atoms with van der Waals surface area (Å²) in [5.74, 6) is -1.82. The first-order valence-electron chi connectivity index (χ1n) is 4.21. The van der Waals surface area contributed by atoms with Crippen LogP contribution in [0.5, 0.6) is 0 Å². The lowest BCUT2D eigenvalue weighted by atomic mass is 10.3. The first-order valence-corrected chi connectivity index (χ1v) is 4.21. The molecule has 0 aliphatic heterocycles. The summed E-state index contributed by atoms with van der Waals surface area (Å²) in [6.45, 7) is 9.31. The Bertz CT molecular complexity index is 292. The van der Waals surface area contributed by atoms with Gasteiger partial charge < -0.3 is 9.47 Å². The fourth-order valence-electron chi connectivity index (χ4n) is 0.636. The summed E-state index contributed by atoms with van der Waals surface area (Å²) >= 11 is 0. The number of carbonyl (C=O) groups excluding carboxylic acids is 3. The maximum absolute atomic E-state index is 10.9. The van der Waals surface area contributed by atoms with Gasteiger partial charge in [0, 0.05) is 12.5 Å². The van der Waals surface area contributed by atoms with Crippen molar-refractivity contribution in [1.82, 2.24) is 0 Å². The molecule has 1 unspecified atom stereocenters. The molecule has 0 saturated heterocycles. The van der Waals surface area contributed by atoms with Gasteiger partial charge in [-0.1, -0.05) is 6.58 Å². The fraction of sp³-hybridized carbons (Fsp3) is 0.400. The molecule has 5 nitrogen and oxygen atoms in total. The van der Waals surface area contributed by atoms with Crippen LogP contribution in [-0.2, 0) is 23.9 Å². The zero-order valence-corrected chi connectivity index (χ0v) is 8.74. The van der Waals surface area contributed by atoms with Gasteiger partial charge in [0.2, 0.25) is 6.29 Å². The molecule has 0 N–H and O–H groups in total. The van der Waals surface area contributed by atoms with Crippen molar-refractivity contribution < 1.29 is 23.9 Å². The number of esters is 2. The first kappa shape index (κ1) is 13.4. The van der Waals surface area contributed by atoms with Crippen molar-refractivity contribution in [2.24, 2.45) is 0 Å². The molecule has 0 amide bonds. The number of ether oxygens (including phenoxy) is 2. The van der Waals surface area contributed by atoms with Gasteiger partial charge in [0.15, 0.2) is 0 Å². The van der Waals surface area contributed by atoms with Gasteiger partial charge in [-0.2, -0.15) is 0 Å². The summed E-state index contributed by atoms with van der Waals surface area (Å²) in [5, 5.41) is 0. The van der Waals surface area contributed by atoms with Crippen molar-refractivity contribution >= 4 is 17.7 Å². The molecule has 0 bridgehead atoms. The van der Waals surface area contributed by atoms with Crippen LogP contribution in [0.1, 0.15) is 20.3 Å². The summed E-state index contributed by atoms with van der Waals surface area (Å²) in [5.41, 5.74) is 0.172. The monoisotopic (exact) mass is 213 g/mol. The molecule has 1 radical (unpaired) electrons. The van der Waals surface area contributed by atoms with Crippen molar-refractivity contribution in [3.8, 4) is 0 Å². The lowest BCUT2D eigenvalue weighted by Crippen LogP contribution is -2.23. The Morgan fingerprint density at radius 2 is 1.73 bits per heavy atom. The van der Waals surface area contributed by atoms with Crippen LogP contribution >= 0.6 is 0 Å². The second kappa shape index (κ2) is 5.95. The number of ketones is 1. The van der Waals surface area contributed by atoms with Crippen LogP contribution in [0.2, 0.25) is 0 Å². The van der Waals surface area contributed by atoms with E-state index in [1.165, 1.54) is 13.8 Å². The Balaban J connectivity index is 3.98. The van der Waals surface area contributed by atoms with E-state index in [-0.39, 0.29) is 17.8 Å². The highest BCUT2D eigenvalue weighted by molar-refractivity contribution is 5.94. The van der Waals surface area contributed by atoms with Crippen molar-refractivity contribution in [1.29, 1.82) is 0 Å². The van der Waals surface area contributed by atoms with Crippen LogP contribution < -0.4 is 0 Å². The van der Waals surface area contributed by atoms with Gasteiger partial charge in [0.25, 0.3) is 0 Å². The van der Waals surface area contributed by atoms with E-state index < -0.39 is 18.2 Å². The topological polar surface area (TPSA) is 69.7 Å². The van der Waals surface area contributed by atoms with Crippen LogP contribution in [0.4, 0.5) is 0 Å². The van der Waals surface area contributed by atoms with Gasteiger partial charge >= 0.3 is 11.9 Å². The average Bonchev–Trinajstić information content (AvgIpc) is 2.00. The van der Waals surface area contributed by atoms with E-state index in [0.29, 0.717) is 0 Å². The summed E-state index contributed by atoms with van der Waals surface area (Å²) in [7, 11) is 0. The second-order valence-corrected chi connectivity index (χ2v) is 2.98. The molecule has 0 fully saturated rings. The van der Waals surface area contributed by atoms with Crippen LogP contribution in [0, 0.1) is 6.92 Å². The zero-order valence-electron chi connectivity index (χ0n) is 8.74. The van der Waals surface area contributed by atoms with Crippen LogP contribution in [0.3, 0.4) is 0 Å². The third-order valence-electron chi connectivity index (χ3n) is 1.24. The number of hydrogen-bond acceptors (Lipinski definition) is 5. The maximum atomic E-state index is 10.9. The molecule has 0 aromatic rings. The molecule has 0 aliphatic carbocycles. The molecule has 0 heterocycles. The Hall–Kier alpha value is -1.65. The molecule has 0 aromatic heterocycles. The quantitative estimate of drug-likeness (QED) is 0.292. The van der Waals surface area contributed by atoms with Crippen LogP contribution in [0.15, 0.2) is 12.2 Å². The Kier molecular flexibility index (Phi) is 5.30. The van der Waals surface area contributed by atoms with Gasteiger partial charge in [-0.3, -0.25) is 9.59 Å². The van der Waals surface area contributed by atoms with Crippen molar-refractivity contribution in [2.45, 2.75) is 26.6 Å². The summed E-state index contributed by atoms with van der Waals surface area (Å²) in [4.78, 5) is 32.4. The highest BCUT2D eigenvalue weighted by atomic mass is 16.7. The largest absolute Gasteiger partial charge is 0.425 e. The summed E-state index contributed by atoms with van der Waals surface area (Å²) in [6.07, 6.45) is -1.63. The minimum absolute atomic E-state index is 0.172. The fourth-order valence-corrected chi connectivity index (χ4v) is 0.636. The third-order valence-corrected chi connectivity index (χ3v) is 1.24. The molecule has 0 aliphatic rings. The van der Waals surface area contributed by atoms with E-state index in [2.05, 4.69) is 23.0 Å². The van der Waals surface area contributed by atoms with E-state index in [4.69, 9.17) is 0 Å². The van der Waals surface area contributed by atoms with Crippen molar-refractivity contribution in [3.63, 3.8) is 0 Å². The Labute approximate surface area is 88.0 Å². The maximum Gasteiger partial charge on any atom is 0.336 e. The van der Waals surface area contributed by atoms with E-state index >= 15 is 0 Å². The van der Waals surface area contributed by atoms with Crippen LogP contribution in [0.25, 0.3) is 0 Å². The van der Waals surface area contributed by atoms with Crippen molar-refractivity contribution in [2.75, 3.05) is 0 Å². The first-order chi connectivity index (χ1) is 6.82. The predicted molar refractivity (Wildman–Crippen MR) is 51.4 cm³/mol. The van der Waals surface area contributed by atoms with Crippen LogP contribution in [-0.4, -0.2) is 24.0 Å². The Morgan fingerprint density at radius 1 is 1.20 bits per heavy atom. The van der Waals surface area contributed by atoms with E-state index in [9.17, 15) is 14.4 Å². The minimum atomic E-state index is -1.26. The van der Waals surface area contributed by atoms with Gasteiger partial charge in [-0.25, -0.2) is 4.79 Å². The van der Waals surface area contributed by atoms with E-state index in [0.717, 1.165) is 0 Å².